The van der Waals surface area contributed by atoms with Gasteiger partial charge in [-0.3, -0.25) is 4.79 Å². The van der Waals surface area contributed by atoms with Crippen molar-refractivity contribution in [2.45, 2.75) is 52.0 Å². The standard InChI is InChI=1S/C13H24N2O3/c1-4-5-9(11(16)17)8-14-12(18)15-13(2,3)10-6-7-10/h9-10H,4-8H2,1-3H3,(H,16,17)(H2,14,15,18). The summed E-state index contributed by atoms with van der Waals surface area (Å²) in [4.78, 5) is 22.6. The number of rotatable bonds is 7. The van der Waals surface area contributed by atoms with Gasteiger partial charge >= 0.3 is 12.0 Å². The van der Waals surface area contributed by atoms with Crippen molar-refractivity contribution in [1.29, 1.82) is 0 Å². The van der Waals surface area contributed by atoms with Gasteiger partial charge in [0.25, 0.3) is 0 Å². The molecule has 18 heavy (non-hydrogen) atoms. The molecule has 1 unspecified atom stereocenters. The Balaban J connectivity index is 2.33. The molecule has 1 rings (SSSR count). The number of nitrogens with one attached hydrogen (secondary N) is 2. The maximum absolute atomic E-state index is 11.7. The highest BCUT2D eigenvalue weighted by Gasteiger charge is 2.38. The molecule has 0 aromatic carbocycles. The van der Waals surface area contributed by atoms with Gasteiger partial charge in [0, 0.05) is 12.1 Å². The number of carboxylic acids is 1. The van der Waals surface area contributed by atoms with Crippen molar-refractivity contribution in [2.24, 2.45) is 11.8 Å². The van der Waals surface area contributed by atoms with Gasteiger partial charge in [-0.1, -0.05) is 13.3 Å². The average Bonchev–Trinajstić information content (AvgIpc) is 3.06. The molecule has 5 nitrogen and oxygen atoms in total. The van der Waals surface area contributed by atoms with Crippen molar-refractivity contribution in [3.63, 3.8) is 0 Å². The van der Waals surface area contributed by atoms with Gasteiger partial charge in [0.05, 0.1) is 5.92 Å². The van der Waals surface area contributed by atoms with Crippen molar-refractivity contribution >= 4 is 12.0 Å². The van der Waals surface area contributed by atoms with Crippen LogP contribution in [-0.2, 0) is 4.79 Å². The van der Waals surface area contributed by atoms with E-state index < -0.39 is 11.9 Å². The molecule has 0 heterocycles. The molecule has 104 valence electrons. The first kappa shape index (κ1) is 14.8. The third kappa shape index (κ3) is 4.55. The van der Waals surface area contributed by atoms with Gasteiger partial charge in [-0.25, -0.2) is 4.79 Å². The van der Waals surface area contributed by atoms with E-state index >= 15 is 0 Å². The molecule has 1 fully saturated rings. The van der Waals surface area contributed by atoms with Gasteiger partial charge in [0.1, 0.15) is 0 Å². The zero-order valence-electron chi connectivity index (χ0n) is 11.5. The number of carboxylic acid groups (broad SMARTS) is 1. The number of carbonyl (C=O) groups is 2. The Hall–Kier alpha value is -1.26. The van der Waals surface area contributed by atoms with Crippen LogP contribution >= 0.6 is 0 Å². The largest absolute Gasteiger partial charge is 0.481 e. The second-order valence-corrected chi connectivity index (χ2v) is 5.65. The first-order valence-electron chi connectivity index (χ1n) is 6.65. The van der Waals surface area contributed by atoms with Crippen LogP contribution in [-0.4, -0.2) is 29.2 Å². The van der Waals surface area contributed by atoms with E-state index in [0.717, 1.165) is 19.3 Å². The van der Waals surface area contributed by atoms with Gasteiger partial charge in [-0.15, -0.1) is 0 Å². The van der Waals surface area contributed by atoms with Crippen molar-refractivity contribution in [2.75, 3.05) is 6.54 Å². The Kier molecular flexibility index (Phi) is 4.99. The average molecular weight is 256 g/mol. The lowest BCUT2D eigenvalue weighted by Gasteiger charge is -2.26. The quantitative estimate of drug-likeness (QED) is 0.651. The highest BCUT2D eigenvalue weighted by molar-refractivity contribution is 5.76. The Morgan fingerprint density at radius 3 is 2.44 bits per heavy atom. The monoisotopic (exact) mass is 256 g/mol. The Morgan fingerprint density at radius 1 is 1.39 bits per heavy atom. The molecule has 1 atom stereocenters. The molecule has 0 aromatic heterocycles. The van der Waals surface area contributed by atoms with Crippen LogP contribution in [0.1, 0.15) is 46.5 Å². The third-order valence-corrected chi connectivity index (χ3v) is 3.53. The Labute approximate surface area is 108 Å². The van der Waals surface area contributed by atoms with Crippen molar-refractivity contribution in [1.82, 2.24) is 10.6 Å². The summed E-state index contributed by atoms with van der Waals surface area (Å²) >= 11 is 0. The van der Waals surface area contributed by atoms with Crippen molar-refractivity contribution < 1.29 is 14.7 Å². The first-order valence-corrected chi connectivity index (χ1v) is 6.65. The minimum Gasteiger partial charge on any atom is -0.481 e. The highest BCUT2D eigenvalue weighted by Crippen LogP contribution is 2.39. The fourth-order valence-corrected chi connectivity index (χ4v) is 2.12. The van der Waals surface area contributed by atoms with E-state index in [-0.39, 0.29) is 18.1 Å². The lowest BCUT2D eigenvalue weighted by molar-refractivity contribution is -0.141. The van der Waals surface area contributed by atoms with Crippen molar-refractivity contribution in [3.8, 4) is 0 Å². The topological polar surface area (TPSA) is 78.4 Å². The number of urea groups is 1. The van der Waals surface area contributed by atoms with Crippen molar-refractivity contribution in [3.05, 3.63) is 0 Å². The van der Waals surface area contributed by atoms with Crippen LogP contribution in [0.15, 0.2) is 0 Å². The minimum atomic E-state index is -0.849. The summed E-state index contributed by atoms with van der Waals surface area (Å²) in [6, 6.07) is -0.269. The van der Waals surface area contributed by atoms with Gasteiger partial charge in [0.2, 0.25) is 0 Å². The van der Waals surface area contributed by atoms with E-state index in [1.165, 1.54) is 0 Å². The highest BCUT2D eigenvalue weighted by atomic mass is 16.4. The van der Waals surface area contributed by atoms with E-state index in [4.69, 9.17) is 5.11 Å². The molecular weight excluding hydrogens is 232 g/mol. The molecule has 1 saturated carbocycles. The summed E-state index contributed by atoms with van der Waals surface area (Å²) in [5.41, 5.74) is -0.201. The van der Waals surface area contributed by atoms with Gasteiger partial charge in [0.15, 0.2) is 0 Å². The molecule has 0 radical (unpaired) electrons. The molecule has 2 amide bonds. The second-order valence-electron chi connectivity index (χ2n) is 5.65. The van der Waals surface area contributed by atoms with Crippen LogP contribution < -0.4 is 10.6 Å². The molecule has 1 aliphatic rings. The van der Waals surface area contributed by atoms with Crippen LogP contribution in [0.25, 0.3) is 0 Å². The summed E-state index contributed by atoms with van der Waals surface area (Å²) in [6.45, 7) is 6.14. The van der Waals surface area contributed by atoms with E-state index in [1.54, 1.807) is 0 Å². The van der Waals surface area contributed by atoms with Gasteiger partial charge < -0.3 is 15.7 Å². The molecule has 0 aliphatic heterocycles. The van der Waals surface area contributed by atoms with Gasteiger partial charge in [-0.2, -0.15) is 0 Å². The third-order valence-electron chi connectivity index (χ3n) is 3.53. The van der Waals surface area contributed by atoms with Crippen LogP contribution in [0, 0.1) is 11.8 Å². The summed E-state index contributed by atoms with van der Waals surface area (Å²) in [5, 5.41) is 14.5. The Bertz CT molecular complexity index is 311. The number of hydrogen-bond donors (Lipinski definition) is 3. The fourth-order valence-electron chi connectivity index (χ4n) is 2.12. The molecule has 0 aromatic rings. The fraction of sp³-hybridized carbons (Fsp3) is 0.846. The predicted molar refractivity (Wildman–Crippen MR) is 69.4 cm³/mol. The molecular formula is C13H24N2O3. The Morgan fingerprint density at radius 2 is 2.00 bits per heavy atom. The zero-order chi connectivity index (χ0) is 13.8. The van der Waals surface area contributed by atoms with E-state index in [9.17, 15) is 9.59 Å². The number of hydrogen-bond acceptors (Lipinski definition) is 2. The normalized spacial score (nSPS) is 17.1. The van der Waals surface area contributed by atoms with Gasteiger partial charge in [-0.05, 0) is 39.0 Å². The lowest BCUT2D eigenvalue weighted by Crippen LogP contribution is -2.50. The molecule has 3 N–H and O–H groups in total. The number of amides is 2. The summed E-state index contributed by atoms with van der Waals surface area (Å²) in [7, 11) is 0. The molecule has 0 bridgehead atoms. The number of aliphatic carboxylic acids is 1. The second kappa shape index (κ2) is 6.07. The summed E-state index contributed by atoms with van der Waals surface area (Å²) in [6.07, 6.45) is 3.69. The summed E-state index contributed by atoms with van der Waals surface area (Å²) < 4.78 is 0. The summed E-state index contributed by atoms with van der Waals surface area (Å²) in [5.74, 6) is -0.794. The maximum Gasteiger partial charge on any atom is 0.315 e. The zero-order valence-corrected chi connectivity index (χ0v) is 11.5. The van der Waals surface area contributed by atoms with Crippen LogP contribution in [0.2, 0.25) is 0 Å². The molecule has 0 saturated heterocycles. The minimum absolute atomic E-state index is 0.190. The molecule has 0 spiro atoms. The van der Waals surface area contributed by atoms with Crippen LogP contribution in [0.4, 0.5) is 4.79 Å². The molecule has 1 aliphatic carbocycles. The maximum atomic E-state index is 11.7. The molecule has 5 heteroatoms. The first-order chi connectivity index (χ1) is 8.36. The van der Waals surface area contributed by atoms with Crippen LogP contribution in [0.5, 0.6) is 0 Å². The lowest BCUT2D eigenvalue weighted by atomic mass is 9.99. The predicted octanol–water partition coefficient (Wildman–Crippen LogP) is 1.98. The van der Waals surface area contributed by atoms with E-state index in [2.05, 4.69) is 10.6 Å². The van der Waals surface area contributed by atoms with Crippen LogP contribution in [0.3, 0.4) is 0 Å². The van der Waals surface area contributed by atoms with E-state index in [0.29, 0.717) is 12.3 Å². The SMILES string of the molecule is CCCC(CNC(=O)NC(C)(C)C1CC1)C(=O)O. The smallest absolute Gasteiger partial charge is 0.315 e. The van der Waals surface area contributed by atoms with E-state index in [1.807, 2.05) is 20.8 Å². The number of carbonyl (C=O) groups excluding carboxylic acids is 1.